The van der Waals surface area contributed by atoms with E-state index in [4.69, 9.17) is 0 Å². The molecule has 16 heavy (non-hydrogen) atoms. The highest BCUT2D eigenvalue weighted by Gasteiger charge is 2.22. The number of anilines is 1. The maximum atomic E-state index is 9.83. The minimum atomic E-state index is -0.154. The number of aliphatic hydroxyl groups excluding tert-OH is 1. The molecule has 1 saturated carbocycles. The monoisotopic (exact) mass is 221 g/mol. The fourth-order valence-corrected chi connectivity index (χ4v) is 2.21. The van der Waals surface area contributed by atoms with Gasteiger partial charge in [0.2, 0.25) is 0 Å². The van der Waals surface area contributed by atoms with Crippen LogP contribution in [0.25, 0.3) is 0 Å². The van der Waals surface area contributed by atoms with Crippen molar-refractivity contribution in [3.63, 3.8) is 0 Å². The Bertz CT molecular complexity index is 343. The molecule has 0 saturated heterocycles. The lowest BCUT2D eigenvalue weighted by atomic mass is 9.86. The van der Waals surface area contributed by atoms with E-state index >= 15 is 0 Å². The summed E-state index contributed by atoms with van der Waals surface area (Å²) < 4.78 is 0. The van der Waals surface area contributed by atoms with Crippen LogP contribution in [0.15, 0.2) is 12.3 Å². The van der Waals surface area contributed by atoms with Gasteiger partial charge in [0.1, 0.15) is 5.82 Å². The fourth-order valence-electron chi connectivity index (χ4n) is 2.21. The van der Waals surface area contributed by atoms with E-state index in [1.165, 1.54) is 6.42 Å². The second kappa shape index (κ2) is 5.25. The van der Waals surface area contributed by atoms with E-state index < -0.39 is 0 Å². The second-order valence-electron chi connectivity index (χ2n) is 4.61. The van der Waals surface area contributed by atoms with Gasteiger partial charge in [0.15, 0.2) is 0 Å². The van der Waals surface area contributed by atoms with Gasteiger partial charge in [-0.25, -0.2) is 0 Å². The van der Waals surface area contributed by atoms with Gasteiger partial charge in [-0.05, 0) is 31.4 Å². The summed E-state index contributed by atoms with van der Waals surface area (Å²) in [6.07, 6.45) is 6.00. The summed E-state index contributed by atoms with van der Waals surface area (Å²) in [5, 5.41) is 21.0. The molecule has 4 nitrogen and oxygen atoms in total. The van der Waals surface area contributed by atoms with Gasteiger partial charge in [0.05, 0.1) is 12.3 Å². The minimum absolute atomic E-state index is 0.154. The number of rotatable bonds is 3. The van der Waals surface area contributed by atoms with Gasteiger partial charge < -0.3 is 10.4 Å². The molecule has 1 aliphatic carbocycles. The quantitative estimate of drug-likeness (QED) is 0.816. The predicted molar refractivity (Wildman–Crippen MR) is 63.2 cm³/mol. The van der Waals surface area contributed by atoms with Gasteiger partial charge in [0.25, 0.3) is 0 Å². The highest BCUT2D eigenvalue weighted by Crippen LogP contribution is 2.24. The molecule has 0 amide bonds. The average Bonchev–Trinajstić information content (AvgIpc) is 2.28. The number of aromatic nitrogens is 2. The molecule has 1 aliphatic rings. The molecule has 1 aromatic heterocycles. The number of aliphatic hydroxyl groups is 1. The van der Waals surface area contributed by atoms with Gasteiger partial charge in [-0.1, -0.05) is 12.8 Å². The van der Waals surface area contributed by atoms with Crippen molar-refractivity contribution >= 4 is 5.82 Å². The number of nitrogens with one attached hydrogen (secondary N) is 1. The fraction of sp³-hybridized carbons (Fsp3) is 0.667. The van der Waals surface area contributed by atoms with Gasteiger partial charge in [-0.3, -0.25) is 0 Å². The first-order chi connectivity index (χ1) is 7.75. The summed E-state index contributed by atoms with van der Waals surface area (Å²) in [5.41, 5.74) is 1.10. The SMILES string of the molecule is Cc1cnnc(NCC2CCCCC2O)c1. The lowest BCUT2D eigenvalue weighted by molar-refractivity contribution is 0.0763. The molecule has 88 valence electrons. The standard InChI is InChI=1S/C12H19N3O/c1-9-6-12(15-14-7-9)13-8-10-4-2-3-5-11(10)16/h6-7,10-11,16H,2-5,8H2,1H3,(H,13,15). The van der Waals surface area contributed by atoms with Crippen LogP contribution < -0.4 is 5.32 Å². The minimum Gasteiger partial charge on any atom is -0.393 e. The van der Waals surface area contributed by atoms with Crippen molar-refractivity contribution in [2.75, 3.05) is 11.9 Å². The molecule has 0 spiro atoms. The van der Waals surface area contributed by atoms with Crippen LogP contribution in [0.5, 0.6) is 0 Å². The van der Waals surface area contributed by atoms with Crippen LogP contribution >= 0.6 is 0 Å². The molecule has 0 aliphatic heterocycles. The molecule has 4 heteroatoms. The van der Waals surface area contributed by atoms with Crippen LogP contribution in [0.2, 0.25) is 0 Å². The number of aryl methyl sites for hydroxylation is 1. The Morgan fingerprint density at radius 1 is 1.44 bits per heavy atom. The number of hydrogen-bond acceptors (Lipinski definition) is 4. The van der Waals surface area contributed by atoms with Crippen molar-refractivity contribution in [3.05, 3.63) is 17.8 Å². The molecule has 2 rings (SSSR count). The third-order valence-corrected chi connectivity index (χ3v) is 3.21. The maximum Gasteiger partial charge on any atom is 0.148 e. The first-order valence-electron chi connectivity index (χ1n) is 5.97. The molecule has 1 heterocycles. The van der Waals surface area contributed by atoms with Gasteiger partial charge in [0, 0.05) is 12.5 Å². The Morgan fingerprint density at radius 3 is 3.00 bits per heavy atom. The summed E-state index contributed by atoms with van der Waals surface area (Å²) >= 11 is 0. The molecule has 2 atom stereocenters. The lowest BCUT2D eigenvalue weighted by Gasteiger charge is -2.27. The van der Waals surface area contributed by atoms with Crippen LogP contribution in [0, 0.1) is 12.8 Å². The van der Waals surface area contributed by atoms with Gasteiger partial charge >= 0.3 is 0 Å². The third-order valence-electron chi connectivity index (χ3n) is 3.21. The van der Waals surface area contributed by atoms with Crippen LogP contribution in [-0.2, 0) is 0 Å². The van der Waals surface area contributed by atoms with Crippen molar-refractivity contribution in [1.29, 1.82) is 0 Å². The van der Waals surface area contributed by atoms with Crippen LogP contribution in [0.1, 0.15) is 31.2 Å². The number of nitrogens with zero attached hydrogens (tertiary/aromatic N) is 2. The largest absolute Gasteiger partial charge is 0.393 e. The zero-order chi connectivity index (χ0) is 11.4. The van der Waals surface area contributed by atoms with Crippen LogP contribution in [0.3, 0.4) is 0 Å². The van der Waals surface area contributed by atoms with E-state index in [-0.39, 0.29) is 6.10 Å². The Morgan fingerprint density at radius 2 is 2.25 bits per heavy atom. The molecule has 2 N–H and O–H groups in total. The molecule has 0 aromatic carbocycles. The van der Waals surface area contributed by atoms with Crippen molar-refractivity contribution in [3.8, 4) is 0 Å². The van der Waals surface area contributed by atoms with E-state index in [0.717, 1.165) is 37.2 Å². The molecular formula is C12H19N3O. The summed E-state index contributed by atoms with van der Waals surface area (Å²) in [7, 11) is 0. The molecule has 1 fully saturated rings. The summed E-state index contributed by atoms with van der Waals surface area (Å²) in [4.78, 5) is 0. The van der Waals surface area contributed by atoms with Crippen LogP contribution in [0.4, 0.5) is 5.82 Å². The zero-order valence-corrected chi connectivity index (χ0v) is 9.69. The van der Waals surface area contributed by atoms with Crippen LogP contribution in [-0.4, -0.2) is 28.0 Å². The Balaban J connectivity index is 1.86. The zero-order valence-electron chi connectivity index (χ0n) is 9.69. The molecule has 0 radical (unpaired) electrons. The second-order valence-corrected chi connectivity index (χ2v) is 4.61. The highest BCUT2D eigenvalue weighted by atomic mass is 16.3. The molecule has 1 aromatic rings. The van der Waals surface area contributed by atoms with E-state index in [1.807, 2.05) is 13.0 Å². The smallest absolute Gasteiger partial charge is 0.148 e. The Labute approximate surface area is 96.1 Å². The average molecular weight is 221 g/mol. The summed E-state index contributed by atoms with van der Waals surface area (Å²) in [6, 6.07) is 1.97. The Kier molecular flexibility index (Phi) is 3.72. The molecule has 0 bridgehead atoms. The highest BCUT2D eigenvalue weighted by molar-refractivity contribution is 5.34. The van der Waals surface area contributed by atoms with Crippen molar-refractivity contribution < 1.29 is 5.11 Å². The lowest BCUT2D eigenvalue weighted by Crippen LogP contribution is -2.30. The van der Waals surface area contributed by atoms with Crippen molar-refractivity contribution in [2.45, 2.75) is 38.7 Å². The Hall–Kier alpha value is -1.16. The molecular weight excluding hydrogens is 202 g/mol. The van der Waals surface area contributed by atoms with Crippen molar-refractivity contribution in [2.24, 2.45) is 5.92 Å². The first-order valence-corrected chi connectivity index (χ1v) is 5.97. The van der Waals surface area contributed by atoms with E-state index in [0.29, 0.717) is 5.92 Å². The number of hydrogen-bond donors (Lipinski definition) is 2. The van der Waals surface area contributed by atoms with E-state index in [1.54, 1.807) is 6.20 Å². The topological polar surface area (TPSA) is 58.0 Å². The van der Waals surface area contributed by atoms with Gasteiger partial charge in [-0.2, -0.15) is 5.10 Å². The molecule has 2 unspecified atom stereocenters. The first kappa shape index (κ1) is 11.3. The van der Waals surface area contributed by atoms with E-state index in [9.17, 15) is 5.11 Å². The predicted octanol–water partition coefficient (Wildman–Crippen LogP) is 1.75. The maximum absolute atomic E-state index is 9.83. The third kappa shape index (κ3) is 2.92. The van der Waals surface area contributed by atoms with E-state index in [2.05, 4.69) is 15.5 Å². The van der Waals surface area contributed by atoms with Gasteiger partial charge in [-0.15, -0.1) is 5.10 Å². The normalized spacial score (nSPS) is 25.4. The van der Waals surface area contributed by atoms with Crippen molar-refractivity contribution in [1.82, 2.24) is 10.2 Å². The summed E-state index contributed by atoms with van der Waals surface area (Å²) in [6.45, 7) is 2.79. The summed E-state index contributed by atoms with van der Waals surface area (Å²) in [5.74, 6) is 1.16.